The van der Waals surface area contributed by atoms with Crippen molar-refractivity contribution in [2.75, 3.05) is 12.9 Å². The van der Waals surface area contributed by atoms with E-state index in [-0.39, 0.29) is 24.6 Å². The van der Waals surface area contributed by atoms with Crippen molar-refractivity contribution in [1.82, 2.24) is 23.9 Å². The minimum Gasteiger partial charge on any atom is -0.476 e. The molecule has 0 radical (unpaired) electrons. The number of hydrogen-bond donors (Lipinski definition) is 1. The van der Waals surface area contributed by atoms with Gasteiger partial charge in [-0.05, 0) is 25.7 Å². The largest absolute Gasteiger partial charge is 0.476 e. The Labute approximate surface area is 219 Å². The van der Waals surface area contributed by atoms with E-state index < -0.39 is 5.97 Å². The van der Waals surface area contributed by atoms with Crippen molar-refractivity contribution in [1.29, 1.82) is 0 Å². The molecule has 0 saturated heterocycles. The number of esters is 1. The lowest BCUT2D eigenvalue weighted by Crippen LogP contribution is -2.14. The number of ether oxygens (including phenoxy) is 1. The molecule has 0 bridgehead atoms. The lowest BCUT2D eigenvalue weighted by Gasteiger charge is -2.10. The predicted molar refractivity (Wildman–Crippen MR) is 142 cm³/mol. The second-order valence-corrected chi connectivity index (χ2v) is 9.34. The fourth-order valence-corrected chi connectivity index (χ4v) is 4.89. The molecule has 0 atom stereocenters. The number of carboxylic acid groups (broad SMARTS) is 1. The summed E-state index contributed by atoms with van der Waals surface area (Å²) in [5, 5.41) is 10.4. The molecule has 0 saturated carbocycles. The van der Waals surface area contributed by atoms with Crippen LogP contribution in [0.15, 0.2) is 47.6 Å². The quantitative estimate of drug-likeness (QED) is 0.207. The number of aryl methyl sites for hydroxylation is 2. The average molecular weight is 522 g/mol. The Bertz CT molecular complexity index is 1400. The van der Waals surface area contributed by atoms with E-state index in [2.05, 4.69) is 11.9 Å². The molecule has 0 unspecified atom stereocenters. The number of carbonyl (C=O) groups is 2. The van der Waals surface area contributed by atoms with Gasteiger partial charge in [-0.15, -0.1) is 11.8 Å². The van der Waals surface area contributed by atoms with E-state index in [1.807, 2.05) is 53.3 Å². The number of rotatable bonds is 12. The second kappa shape index (κ2) is 12.1. The van der Waals surface area contributed by atoms with Gasteiger partial charge < -0.3 is 14.4 Å². The summed E-state index contributed by atoms with van der Waals surface area (Å²) in [4.78, 5) is 38.4. The molecule has 0 aliphatic heterocycles. The van der Waals surface area contributed by atoms with Crippen LogP contribution in [0.5, 0.6) is 0 Å². The Morgan fingerprint density at radius 1 is 1.05 bits per heavy atom. The average Bonchev–Trinajstić information content (AvgIpc) is 3.44. The summed E-state index contributed by atoms with van der Waals surface area (Å²) < 4.78 is 8.77. The second-order valence-electron chi connectivity index (χ2n) is 8.55. The minimum absolute atomic E-state index is 0.184. The van der Waals surface area contributed by atoms with Gasteiger partial charge in [0.25, 0.3) is 0 Å². The number of fused-ring (bicyclic) bond motifs is 1. The number of aromatic carboxylic acids is 1. The molecule has 4 aromatic rings. The van der Waals surface area contributed by atoms with Crippen molar-refractivity contribution in [3.63, 3.8) is 0 Å². The van der Waals surface area contributed by atoms with Gasteiger partial charge in [-0.2, -0.15) is 0 Å². The molecule has 194 valence electrons. The van der Waals surface area contributed by atoms with Gasteiger partial charge in [-0.25, -0.2) is 19.7 Å². The maximum Gasteiger partial charge on any atom is 0.355 e. The monoisotopic (exact) mass is 521 g/mol. The van der Waals surface area contributed by atoms with Gasteiger partial charge in [-0.1, -0.05) is 43.7 Å². The molecule has 10 heteroatoms. The maximum atomic E-state index is 12.1. The number of carboxylic acids is 1. The van der Waals surface area contributed by atoms with Gasteiger partial charge in [0.2, 0.25) is 5.78 Å². The molecule has 4 rings (SSSR count). The highest BCUT2D eigenvalue weighted by Gasteiger charge is 2.23. The molecular weight excluding hydrogens is 490 g/mol. The molecule has 3 aromatic heterocycles. The first-order valence-electron chi connectivity index (χ1n) is 12.4. The Balaban J connectivity index is 1.75. The highest BCUT2D eigenvalue weighted by atomic mass is 32.2. The standard InChI is InChI=1S/C27H31N5O4S/c1-4-6-12-21-29-25(37-3)24(26(34)35)32(21)17-19-15-16-31-20(13-14-22(33)36-5-2)23(30-27(31)28-19)18-10-8-7-9-11-18/h7-11,15-16H,4-6,12-14,17H2,1-3H3,(H,34,35). The van der Waals surface area contributed by atoms with E-state index in [0.29, 0.717) is 35.9 Å². The van der Waals surface area contributed by atoms with E-state index in [9.17, 15) is 14.7 Å². The molecule has 0 aliphatic rings. The number of nitrogens with zero attached hydrogens (tertiary/aromatic N) is 5. The lowest BCUT2D eigenvalue weighted by molar-refractivity contribution is -0.143. The molecule has 0 fully saturated rings. The van der Waals surface area contributed by atoms with Crippen LogP contribution >= 0.6 is 11.8 Å². The molecule has 0 amide bonds. The van der Waals surface area contributed by atoms with Crippen LogP contribution in [0.2, 0.25) is 0 Å². The normalized spacial score (nSPS) is 11.2. The fraction of sp³-hybridized carbons (Fsp3) is 0.370. The third-order valence-electron chi connectivity index (χ3n) is 6.05. The predicted octanol–water partition coefficient (Wildman–Crippen LogP) is 4.90. The highest BCUT2D eigenvalue weighted by molar-refractivity contribution is 7.98. The van der Waals surface area contributed by atoms with Gasteiger partial charge in [0.15, 0.2) is 5.69 Å². The molecule has 1 aromatic carbocycles. The Kier molecular flexibility index (Phi) is 8.60. The third kappa shape index (κ3) is 5.85. The fourth-order valence-electron chi connectivity index (χ4n) is 4.31. The highest BCUT2D eigenvalue weighted by Crippen LogP contribution is 2.27. The Hall–Kier alpha value is -3.66. The van der Waals surface area contributed by atoms with Gasteiger partial charge in [-0.3, -0.25) is 9.20 Å². The SMILES string of the molecule is CCCCc1nc(SC)c(C(=O)O)n1Cc1ccn2c(CCC(=O)OCC)c(-c3ccccc3)nc2n1. The molecule has 3 heterocycles. The van der Waals surface area contributed by atoms with Crippen LogP contribution in [-0.4, -0.2) is 53.8 Å². The smallest absolute Gasteiger partial charge is 0.355 e. The van der Waals surface area contributed by atoms with Crippen LogP contribution < -0.4 is 0 Å². The zero-order valence-corrected chi connectivity index (χ0v) is 22.1. The number of imidazole rings is 2. The van der Waals surface area contributed by atoms with E-state index in [1.165, 1.54) is 11.8 Å². The van der Waals surface area contributed by atoms with Gasteiger partial charge in [0, 0.05) is 24.6 Å². The molecular formula is C27H31N5O4S. The molecule has 9 nitrogen and oxygen atoms in total. The van der Waals surface area contributed by atoms with E-state index in [1.54, 1.807) is 11.5 Å². The number of hydrogen-bond acceptors (Lipinski definition) is 7. The number of carbonyl (C=O) groups excluding carboxylic acids is 1. The van der Waals surface area contributed by atoms with Crippen molar-refractivity contribution in [2.24, 2.45) is 0 Å². The first-order valence-corrected chi connectivity index (χ1v) is 13.6. The maximum absolute atomic E-state index is 12.1. The summed E-state index contributed by atoms with van der Waals surface area (Å²) in [7, 11) is 0. The zero-order valence-electron chi connectivity index (χ0n) is 21.3. The van der Waals surface area contributed by atoms with Gasteiger partial charge in [0.1, 0.15) is 10.9 Å². The van der Waals surface area contributed by atoms with Crippen LogP contribution in [-0.2, 0) is 28.9 Å². The van der Waals surface area contributed by atoms with Crippen molar-refractivity contribution in [2.45, 2.75) is 57.5 Å². The van der Waals surface area contributed by atoms with Gasteiger partial charge >= 0.3 is 11.9 Å². The molecule has 0 spiro atoms. The van der Waals surface area contributed by atoms with Crippen molar-refractivity contribution < 1.29 is 19.4 Å². The number of unbranched alkanes of at least 4 members (excludes halogenated alkanes) is 1. The van der Waals surface area contributed by atoms with Crippen molar-refractivity contribution in [3.05, 3.63) is 65.5 Å². The Morgan fingerprint density at radius 2 is 1.84 bits per heavy atom. The topological polar surface area (TPSA) is 112 Å². The molecule has 0 aliphatic carbocycles. The number of thioether (sulfide) groups is 1. The summed E-state index contributed by atoms with van der Waals surface area (Å²) >= 11 is 1.33. The van der Waals surface area contributed by atoms with Gasteiger partial charge in [0.05, 0.1) is 36.7 Å². The first kappa shape index (κ1) is 26.4. The summed E-state index contributed by atoms with van der Waals surface area (Å²) in [5.41, 5.74) is 3.43. The van der Waals surface area contributed by atoms with Crippen LogP contribution in [0.4, 0.5) is 0 Å². The minimum atomic E-state index is -1.01. The van der Waals surface area contributed by atoms with Crippen molar-refractivity contribution >= 4 is 29.5 Å². The summed E-state index contributed by atoms with van der Waals surface area (Å²) in [5.74, 6) is -0.0261. The number of aromatic nitrogens is 5. The van der Waals surface area contributed by atoms with E-state index >= 15 is 0 Å². The summed E-state index contributed by atoms with van der Waals surface area (Å²) in [6.45, 7) is 4.50. The van der Waals surface area contributed by atoms with Crippen LogP contribution in [0.3, 0.4) is 0 Å². The van der Waals surface area contributed by atoms with Crippen molar-refractivity contribution in [3.8, 4) is 11.3 Å². The third-order valence-corrected chi connectivity index (χ3v) is 6.73. The Morgan fingerprint density at radius 3 is 2.51 bits per heavy atom. The summed E-state index contributed by atoms with van der Waals surface area (Å²) in [6, 6.07) is 11.7. The first-order chi connectivity index (χ1) is 18.0. The van der Waals surface area contributed by atoms with Crippen LogP contribution in [0.1, 0.15) is 60.8 Å². The molecule has 1 N–H and O–H groups in total. The summed E-state index contributed by atoms with van der Waals surface area (Å²) in [6.07, 6.45) is 7.00. The molecule has 37 heavy (non-hydrogen) atoms. The van der Waals surface area contributed by atoms with E-state index in [0.717, 1.165) is 35.6 Å². The lowest BCUT2D eigenvalue weighted by atomic mass is 10.1. The van der Waals surface area contributed by atoms with Crippen LogP contribution in [0, 0.1) is 0 Å². The zero-order chi connectivity index (χ0) is 26.4. The van der Waals surface area contributed by atoms with Crippen LogP contribution in [0.25, 0.3) is 17.0 Å². The van der Waals surface area contributed by atoms with E-state index in [4.69, 9.17) is 14.7 Å². The number of benzene rings is 1.